The summed E-state index contributed by atoms with van der Waals surface area (Å²) in [6, 6.07) is 13.6. The maximum absolute atomic E-state index is 2.45. The number of rotatable bonds is 4. The molecule has 4 rings (SSSR count). The van der Waals surface area contributed by atoms with Gasteiger partial charge in [-0.25, -0.2) is 0 Å². The molecule has 0 aliphatic carbocycles. The highest BCUT2D eigenvalue weighted by Gasteiger charge is 2.38. The van der Waals surface area contributed by atoms with Crippen molar-refractivity contribution in [2.45, 2.75) is 52.4 Å². The van der Waals surface area contributed by atoms with E-state index in [-0.39, 0.29) is 11.7 Å². The molecule has 3 aromatic rings. The van der Waals surface area contributed by atoms with E-state index < -0.39 is 0 Å². The summed E-state index contributed by atoms with van der Waals surface area (Å²) in [5.74, 6) is 1.20. The van der Waals surface area contributed by atoms with Gasteiger partial charge in [0.15, 0.2) is 18.1 Å². The fourth-order valence-corrected chi connectivity index (χ4v) is 4.70. The van der Waals surface area contributed by atoms with Crippen molar-refractivity contribution in [3.63, 3.8) is 0 Å². The number of para-hydroxylation sites is 1. The zero-order valence-electron chi connectivity index (χ0n) is 18.1. The molecule has 0 amide bonds. The molecule has 3 heterocycles. The molecule has 0 radical (unpaired) electrons. The van der Waals surface area contributed by atoms with Crippen LogP contribution in [0.1, 0.15) is 46.4 Å². The molecule has 1 aromatic carbocycles. The average molecular weight is 379 g/mol. The van der Waals surface area contributed by atoms with Gasteiger partial charge in [0.2, 0.25) is 0 Å². The zero-order chi connectivity index (χ0) is 20.2. The molecule has 5 nitrogen and oxygen atoms in total. The van der Waals surface area contributed by atoms with Crippen molar-refractivity contribution in [2.75, 3.05) is 4.90 Å². The van der Waals surface area contributed by atoms with Gasteiger partial charge in [0.25, 0.3) is 0 Å². The Balaban J connectivity index is 1.68. The molecule has 28 heavy (non-hydrogen) atoms. The lowest BCUT2D eigenvalue weighted by atomic mass is 9.97. The van der Waals surface area contributed by atoms with Gasteiger partial charge in [0.05, 0.1) is 18.7 Å². The third-order valence-corrected chi connectivity index (χ3v) is 6.26. The Morgan fingerprint density at radius 3 is 2.39 bits per heavy atom. The fraction of sp³-hybridized carbons (Fsp3) is 0.435. The van der Waals surface area contributed by atoms with E-state index in [0.29, 0.717) is 6.04 Å². The Morgan fingerprint density at radius 2 is 1.75 bits per heavy atom. The predicted octanol–water partition coefficient (Wildman–Crippen LogP) is 4.26. The van der Waals surface area contributed by atoms with Gasteiger partial charge >= 0.3 is 0 Å². The van der Waals surface area contributed by atoms with Gasteiger partial charge in [-0.15, -0.1) is 9.36 Å². The van der Waals surface area contributed by atoms with E-state index in [1.165, 1.54) is 22.4 Å². The molecule has 0 unspecified atom stereocenters. The first-order chi connectivity index (χ1) is 13.2. The van der Waals surface area contributed by atoms with Gasteiger partial charge in [-0.05, 0) is 52.1 Å². The highest BCUT2D eigenvalue weighted by Crippen LogP contribution is 2.37. The number of hydrogen-bond donors (Lipinski definition) is 0. The van der Waals surface area contributed by atoms with E-state index in [4.69, 9.17) is 0 Å². The Hall–Kier alpha value is -2.69. The van der Waals surface area contributed by atoms with Crippen LogP contribution in [0.25, 0.3) is 10.9 Å². The van der Waals surface area contributed by atoms with Crippen LogP contribution in [0.4, 0.5) is 5.82 Å². The lowest BCUT2D eigenvalue weighted by Crippen LogP contribution is -2.48. The second kappa shape index (κ2) is 6.43. The van der Waals surface area contributed by atoms with Crippen molar-refractivity contribution in [2.24, 2.45) is 14.1 Å². The number of nitrogens with zero attached hydrogens (tertiary/aromatic N) is 5. The summed E-state index contributed by atoms with van der Waals surface area (Å²) in [4.78, 5) is 4.80. The van der Waals surface area contributed by atoms with Crippen molar-refractivity contribution in [1.82, 2.24) is 14.1 Å². The number of hydrogen-bond acceptors (Lipinski definition) is 2. The number of benzene rings is 1. The van der Waals surface area contributed by atoms with Crippen LogP contribution in [0.5, 0.6) is 0 Å². The van der Waals surface area contributed by atoms with Crippen molar-refractivity contribution in [3.05, 3.63) is 60.7 Å². The Kier molecular flexibility index (Phi) is 4.29. The minimum absolute atomic E-state index is 0.141. The lowest BCUT2D eigenvalue weighted by molar-refractivity contribution is -0.789. The normalized spacial score (nSPS) is 17.5. The second-order valence-electron chi connectivity index (χ2n) is 8.62. The van der Waals surface area contributed by atoms with Crippen LogP contribution < -0.4 is 9.58 Å². The zero-order valence-corrected chi connectivity index (χ0v) is 18.1. The Morgan fingerprint density at radius 1 is 1.04 bits per heavy atom. The molecule has 0 saturated heterocycles. The van der Waals surface area contributed by atoms with Crippen molar-refractivity contribution >= 4 is 16.7 Å². The number of fused-ring (bicyclic) bond motifs is 1. The van der Waals surface area contributed by atoms with Crippen LogP contribution in [0, 0.1) is 0 Å². The molecule has 1 aliphatic heterocycles. The fourth-order valence-electron chi connectivity index (χ4n) is 4.70. The average Bonchev–Trinajstić information content (AvgIpc) is 3.31. The lowest BCUT2D eigenvalue weighted by Gasteiger charge is -2.41. The highest BCUT2D eigenvalue weighted by atomic mass is 15.5. The molecular weight excluding hydrogens is 346 g/mol. The number of anilines is 1. The van der Waals surface area contributed by atoms with Crippen LogP contribution in [0.3, 0.4) is 0 Å². The predicted molar refractivity (Wildman–Crippen MR) is 115 cm³/mol. The van der Waals surface area contributed by atoms with Gasteiger partial charge in [-0.3, -0.25) is 0 Å². The Labute approximate surface area is 168 Å². The Bertz CT molecular complexity index is 1040. The molecule has 5 heteroatoms. The number of aromatic nitrogens is 3. The summed E-state index contributed by atoms with van der Waals surface area (Å²) in [5.41, 5.74) is 2.45. The largest absolute Gasteiger partial charge is 0.346 e. The van der Waals surface area contributed by atoms with E-state index in [9.17, 15) is 0 Å². The molecule has 0 N–H and O–H groups in total. The third-order valence-electron chi connectivity index (χ3n) is 6.26. The van der Waals surface area contributed by atoms with E-state index >= 15 is 0 Å². The van der Waals surface area contributed by atoms with Crippen LogP contribution >= 0.6 is 0 Å². The van der Waals surface area contributed by atoms with Crippen LogP contribution in [-0.2, 0) is 19.6 Å². The first-order valence-electron chi connectivity index (χ1n) is 10.1. The van der Waals surface area contributed by atoms with Gasteiger partial charge < -0.3 is 14.4 Å². The monoisotopic (exact) mass is 378 g/mol. The summed E-state index contributed by atoms with van der Waals surface area (Å²) in [5, 5.41) is 1.29. The SMILES string of the molecule is CC(C)[n+]1ccc(N2C=CN(C(C)(C)c3cc4ccccc4n3C)[C@@H]2C)n1C. The van der Waals surface area contributed by atoms with Gasteiger partial charge in [0, 0.05) is 30.7 Å². The molecule has 148 valence electrons. The van der Waals surface area contributed by atoms with Crippen LogP contribution in [0.2, 0.25) is 0 Å². The minimum atomic E-state index is -0.141. The van der Waals surface area contributed by atoms with Crippen LogP contribution in [0.15, 0.2) is 55.0 Å². The van der Waals surface area contributed by atoms with E-state index in [1.807, 2.05) is 0 Å². The molecule has 0 bridgehead atoms. The summed E-state index contributed by atoms with van der Waals surface area (Å²) in [6.07, 6.45) is 6.82. The molecular formula is C23H32N5+. The standard InChI is InChI=1S/C23H32N5/c1-17(2)28-13-12-22(25(28)7)26-14-15-27(18(26)3)23(4,5)21-16-19-10-8-9-11-20(19)24(21)6/h8-18H,1-7H3/q+1/t18-/m1/s1. The van der Waals surface area contributed by atoms with E-state index in [1.54, 1.807) is 0 Å². The molecule has 2 aromatic heterocycles. The summed E-state index contributed by atoms with van der Waals surface area (Å²) < 4.78 is 6.82. The summed E-state index contributed by atoms with van der Waals surface area (Å²) >= 11 is 0. The topological polar surface area (TPSA) is 20.2 Å². The molecule has 1 atom stereocenters. The second-order valence-corrected chi connectivity index (χ2v) is 8.62. The third kappa shape index (κ3) is 2.64. The van der Waals surface area contributed by atoms with E-state index in [0.717, 1.165) is 0 Å². The molecule has 0 saturated carbocycles. The first kappa shape index (κ1) is 18.7. The van der Waals surface area contributed by atoms with Crippen molar-refractivity contribution in [3.8, 4) is 0 Å². The van der Waals surface area contributed by atoms with Crippen LogP contribution in [-0.4, -0.2) is 20.3 Å². The maximum Gasteiger partial charge on any atom is 0.198 e. The van der Waals surface area contributed by atoms with Gasteiger partial charge in [-0.2, -0.15) is 0 Å². The van der Waals surface area contributed by atoms with Gasteiger partial charge in [-0.1, -0.05) is 18.2 Å². The summed E-state index contributed by atoms with van der Waals surface area (Å²) in [7, 11) is 4.30. The molecule has 0 fully saturated rings. The maximum atomic E-state index is 2.45. The summed E-state index contributed by atoms with van der Waals surface area (Å²) in [6.45, 7) is 11.3. The highest BCUT2D eigenvalue weighted by molar-refractivity contribution is 5.81. The van der Waals surface area contributed by atoms with E-state index in [2.05, 4.69) is 127 Å². The quantitative estimate of drug-likeness (QED) is 0.632. The van der Waals surface area contributed by atoms with Crippen molar-refractivity contribution in [1.29, 1.82) is 0 Å². The van der Waals surface area contributed by atoms with Gasteiger partial charge in [0.1, 0.15) is 6.17 Å². The molecule has 0 spiro atoms. The van der Waals surface area contributed by atoms with Crippen molar-refractivity contribution < 1.29 is 4.68 Å². The molecule has 1 aliphatic rings. The minimum Gasteiger partial charge on any atom is -0.346 e. The smallest absolute Gasteiger partial charge is 0.198 e. The first-order valence-corrected chi connectivity index (χ1v) is 10.1. The number of aryl methyl sites for hydroxylation is 1.